The molecule has 2 aromatic carbocycles. The molecule has 38 heavy (non-hydrogen) atoms. The van der Waals surface area contributed by atoms with E-state index in [2.05, 4.69) is 52.9 Å². The monoisotopic (exact) mass is 513 g/mol. The number of anilines is 2. The summed E-state index contributed by atoms with van der Waals surface area (Å²) in [5, 5.41) is 15.9. The van der Waals surface area contributed by atoms with E-state index >= 15 is 0 Å². The van der Waals surface area contributed by atoms with Crippen LogP contribution in [0.25, 0.3) is 27.8 Å². The Hall–Kier alpha value is -3.91. The van der Waals surface area contributed by atoms with Gasteiger partial charge in [-0.25, -0.2) is 14.5 Å². The third-order valence-corrected chi connectivity index (χ3v) is 7.23. The van der Waals surface area contributed by atoms with Crippen LogP contribution in [0.2, 0.25) is 0 Å². The van der Waals surface area contributed by atoms with Crippen molar-refractivity contribution >= 4 is 28.4 Å². The van der Waals surface area contributed by atoms with E-state index in [1.807, 2.05) is 36.0 Å². The number of carbonyl (C=O) groups is 1. The van der Waals surface area contributed by atoms with Gasteiger partial charge >= 0.3 is 5.97 Å². The van der Waals surface area contributed by atoms with Crippen LogP contribution in [0.4, 0.5) is 11.4 Å². The number of carboxylic acid groups (broad SMARTS) is 1. The summed E-state index contributed by atoms with van der Waals surface area (Å²) >= 11 is 0. The van der Waals surface area contributed by atoms with Crippen LogP contribution >= 0.6 is 0 Å². The van der Waals surface area contributed by atoms with E-state index in [0.29, 0.717) is 12.3 Å². The number of likely N-dealkylation sites (N-methyl/N-ethyl adjacent to an activating group) is 1. The van der Waals surface area contributed by atoms with Gasteiger partial charge in [0, 0.05) is 45.2 Å². The van der Waals surface area contributed by atoms with E-state index in [1.54, 1.807) is 13.2 Å². The van der Waals surface area contributed by atoms with E-state index in [4.69, 9.17) is 9.84 Å². The van der Waals surface area contributed by atoms with Gasteiger partial charge in [0.05, 0.1) is 23.4 Å². The second-order valence-electron chi connectivity index (χ2n) is 10.2. The highest BCUT2D eigenvalue weighted by Crippen LogP contribution is 2.36. The van der Waals surface area contributed by atoms with Crippen molar-refractivity contribution in [1.29, 1.82) is 0 Å². The van der Waals surface area contributed by atoms with Crippen molar-refractivity contribution in [2.75, 3.05) is 50.2 Å². The zero-order chi connectivity index (χ0) is 26.8. The summed E-state index contributed by atoms with van der Waals surface area (Å²) in [7, 11) is 3.72. The number of fused-ring (bicyclic) bond motifs is 1. The Kier molecular flexibility index (Phi) is 7.33. The molecule has 1 saturated heterocycles. The zero-order valence-electron chi connectivity index (χ0n) is 22.5. The van der Waals surface area contributed by atoms with E-state index in [9.17, 15) is 9.90 Å². The number of nitrogens with zero attached hydrogens (tertiary/aromatic N) is 5. The van der Waals surface area contributed by atoms with Gasteiger partial charge in [0.1, 0.15) is 0 Å². The largest absolute Gasteiger partial charge is 0.477 e. The molecule has 0 amide bonds. The highest BCUT2D eigenvalue weighted by Gasteiger charge is 2.23. The molecule has 0 radical (unpaired) electrons. The fourth-order valence-electron chi connectivity index (χ4n) is 5.11. The second-order valence-corrected chi connectivity index (χ2v) is 10.2. The average molecular weight is 514 g/mol. The maximum Gasteiger partial charge on any atom is 0.354 e. The Morgan fingerprint density at radius 2 is 1.79 bits per heavy atom. The lowest BCUT2D eigenvalue weighted by atomic mass is 9.97. The highest BCUT2D eigenvalue weighted by molar-refractivity contribution is 6.00. The predicted molar refractivity (Wildman–Crippen MR) is 152 cm³/mol. The van der Waals surface area contributed by atoms with Crippen molar-refractivity contribution in [3.63, 3.8) is 0 Å². The molecule has 0 bridgehead atoms. The first-order chi connectivity index (χ1) is 18.4. The van der Waals surface area contributed by atoms with Gasteiger partial charge in [0.25, 0.3) is 0 Å². The number of carboxylic acids is 1. The molecule has 1 aliphatic heterocycles. The first-order valence-electron chi connectivity index (χ1n) is 13.2. The summed E-state index contributed by atoms with van der Waals surface area (Å²) in [5.74, 6) is -0.940. The molecule has 4 aromatic rings. The standard InChI is InChI=1S/C30H35N5O3/c1-20(2)28-27-25(21-10-12-22(13-11-21)33(3)16-17-38-4)19-26(30(36)37)31-29(27)35(32-28)24-9-7-8-23(18-24)34-14-5-6-15-34/h7-13,18-20H,5-6,14-17H2,1-4H3,(H,36,37). The number of ether oxygens (including phenoxy) is 1. The van der Waals surface area contributed by atoms with Gasteiger partial charge in [-0.2, -0.15) is 5.10 Å². The van der Waals surface area contributed by atoms with Crippen LogP contribution in [0.5, 0.6) is 0 Å². The number of pyridine rings is 1. The topological polar surface area (TPSA) is 83.7 Å². The first kappa shape index (κ1) is 25.7. The summed E-state index contributed by atoms with van der Waals surface area (Å²) in [6.07, 6.45) is 2.39. The minimum atomic E-state index is -1.06. The quantitative estimate of drug-likeness (QED) is 0.312. The Bertz CT molecular complexity index is 1440. The molecule has 3 heterocycles. The van der Waals surface area contributed by atoms with Crippen molar-refractivity contribution in [3.05, 3.63) is 66.0 Å². The van der Waals surface area contributed by atoms with Crippen LogP contribution in [0.15, 0.2) is 54.6 Å². The van der Waals surface area contributed by atoms with Gasteiger partial charge in [0.15, 0.2) is 11.3 Å². The molecule has 0 atom stereocenters. The first-order valence-corrected chi connectivity index (χ1v) is 13.2. The third kappa shape index (κ3) is 4.96. The molecule has 0 saturated carbocycles. The SMILES string of the molecule is COCCN(C)c1ccc(-c2cc(C(=O)O)nc3c2c(C(C)C)nn3-c2cccc(N3CCCC3)c2)cc1. The fraction of sp³-hybridized carbons (Fsp3) is 0.367. The number of hydrogen-bond acceptors (Lipinski definition) is 6. The highest BCUT2D eigenvalue weighted by atomic mass is 16.5. The molecule has 0 spiro atoms. The number of methoxy groups -OCH3 is 1. The number of aromatic nitrogens is 3. The van der Waals surface area contributed by atoms with Gasteiger partial charge in [-0.05, 0) is 66.3 Å². The normalized spacial score (nSPS) is 13.6. The van der Waals surface area contributed by atoms with E-state index < -0.39 is 5.97 Å². The summed E-state index contributed by atoms with van der Waals surface area (Å²) in [4.78, 5) is 21.3. The maximum atomic E-state index is 12.2. The molecule has 5 rings (SSSR count). The predicted octanol–water partition coefficient (Wildman–Crippen LogP) is 5.59. The second kappa shape index (κ2) is 10.8. The minimum Gasteiger partial charge on any atom is -0.477 e. The molecule has 198 valence electrons. The molecule has 2 aromatic heterocycles. The minimum absolute atomic E-state index is 0.000873. The number of aromatic carboxylic acids is 1. The maximum absolute atomic E-state index is 12.2. The van der Waals surface area contributed by atoms with Gasteiger partial charge in [-0.15, -0.1) is 0 Å². The molecule has 8 nitrogen and oxygen atoms in total. The van der Waals surface area contributed by atoms with Crippen molar-refractivity contribution in [3.8, 4) is 16.8 Å². The van der Waals surface area contributed by atoms with Crippen LogP contribution in [0, 0.1) is 0 Å². The lowest BCUT2D eigenvalue weighted by molar-refractivity contribution is 0.0691. The lowest BCUT2D eigenvalue weighted by Crippen LogP contribution is -2.21. The van der Waals surface area contributed by atoms with Crippen molar-refractivity contribution in [2.45, 2.75) is 32.6 Å². The van der Waals surface area contributed by atoms with Crippen LogP contribution in [-0.2, 0) is 4.74 Å². The van der Waals surface area contributed by atoms with E-state index in [-0.39, 0.29) is 11.6 Å². The molecule has 1 fully saturated rings. The van der Waals surface area contributed by atoms with Crippen LogP contribution in [-0.4, -0.2) is 66.2 Å². The smallest absolute Gasteiger partial charge is 0.354 e. The molecule has 1 aliphatic rings. The van der Waals surface area contributed by atoms with Gasteiger partial charge in [-0.3, -0.25) is 0 Å². The van der Waals surface area contributed by atoms with Crippen molar-refractivity contribution in [1.82, 2.24) is 14.8 Å². The Morgan fingerprint density at radius 3 is 2.45 bits per heavy atom. The summed E-state index contributed by atoms with van der Waals surface area (Å²) in [6.45, 7) is 7.72. The van der Waals surface area contributed by atoms with Gasteiger partial charge in [-0.1, -0.05) is 32.0 Å². The molecule has 8 heteroatoms. The van der Waals surface area contributed by atoms with Crippen LogP contribution < -0.4 is 9.80 Å². The van der Waals surface area contributed by atoms with Crippen molar-refractivity contribution in [2.24, 2.45) is 0 Å². The van der Waals surface area contributed by atoms with Gasteiger partial charge < -0.3 is 19.6 Å². The average Bonchev–Trinajstić information content (AvgIpc) is 3.60. The summed E-state index contributed by atoms with van der Waals surface area (Å²) < 4.78 is 7.02. The number of hydrogen-bond donors (Lipinski definition) is 1. The van der Waals surface area contributed by atoms with E-state index in [1.165, 1.54) is 12.8 Å². The Labute approximate surface area is 223 Å². The van der Waals surface area contributed by atoms with Crippen LogP contribution in [0.1, 0.15) is 48.8 Å². The third-order valence-electron chi connectivity index (χ3n) is 7.23. The fourth-order valence-corrected chi connectivity index (χ4v) is 5.11. The molecular weight excluding hydrogens is 478 g/mol. The summed E-state index contributed by atoms with van der Waals surface area (Å²) in [5.41, 5.74) is 6.30. The van der Waals surface area contributed by atoms with Gasteiger partial charge in [0.2, 0.25) is 0 Å². The Balaban J connectivity index is 1.67. The zero-order valence-corrected chi connectivity index (χ0v) is 22.5. The number of benzene rings is 2. The molecule has 0 unspecified atom stereocenters. The van der Waals surface area contributed by atoms with Crippen LogP contribution in [0.3, 0.4) is 0 Å². The molecule has 1 N–H and O–H groups in total. The lowest BCUT2D eigenvalue weighted by Gasteiger charge is -2.19. The molecular formula is C30H35N5O3. The molecule has 0 aliphatic carbocycles. The van der Waals surface area contributed by atoms with E-state index in [0.717, 1.165) is 58.9 Å². The summed E-state index contributed by atoms with van der Waals surface area (Å²) in [6, 6.07) is 18.1. The number of rotatable bonds is 9. The Morgan fingerprint density at radius 1 is 1.08 bits per heavy atom. The van der Waals surface area contributed by atoms with Crippen molar-refractivity contribution < 1.29 is 14.6 Å².